The van der Waals surface area contributed by atoms with Crippen LogP contribution in [0.5, 0.6) is 0 Å². The number of hydrogen-bond acceptors (Lipinski definition) is 5. The standard InChI is InChI=1S/C34H39N3O4/c1-2-41-33(40)34(21-22-34)20-8-9-23-35-32(39)31(27-12-6-7-13-27)28-16-14-25(15-17-28)24-37-30(38)19-18-29(36-37)26-10-4-3-5-11-26/h3-5,8,10-11,14-20,27,31H,2,6-7,9,12-13,21-24H2,1H3,(H,35,39)/b20-8+. The molecule has 7 nitrogen and oxygen atoms in total. The third kappa shape index (κ3) is 7.02. The normalized spacial score (nSPS) is 16.9. The van der Waals surface area contributed by atoms with Crippen molar-refractivity contribution < 1.29 is 14.3 Å². The largest absolute Gasteiger partial charge is 0.465 e. The van der Waals surface area contributed by atoms with E-state index in [2.05, 4.69) is 10.4 Å². The van der Waals surface area contributed by atoms with Gasteiger partial charge in [-0.05, 0) is 62.1 Å². The molecule has 1 heterocycles. The van der Waals surface area contributed by atoms with Crippen molar-refractivity contribution in [2.75, 3.05) is 13.2 Å². The lowest BCUT2D eigenvalue weighted by Gasteiger charge is -2.23. The molecule has 0 radical (unpaired) electrons. The van der Waals surface area contributed by atoms with E-state index >= 15 is 0 Å². The van der Waals surface area contributed by atoms with E-state index in [0.717, 1.165) is 60.9 Å². The monoisotopic (exact) mass is 553 g/mol. The zero-order valence-electron chi connectivity index (χ0n) is 23.8. The Balaban J connectivity index is 1.22. The fraction of sp³-hybridized carbons (Fsp3) is 0.412. The van der Waals surface area contributed by atoms with E-state index in [9.17, 15) is 14.4 Å². The van der Waals surface area contributed by atoms with Crippen molar-refractivity contribution in [2.24, 2.45) is 11.3 Å². The second kappa shape index (κ2) is 13.1. The SMILES string of the molecule is CCOC(=O)C1(/C=C/CCNC(=O)C(c2ccc(Cn3nc(-c4ccccc4)ccc3=O)cc2)C2CCCC2)CC1. The molecule has 0 saturated heterocycles. The average Bonchev–Trinajstić information content (AvgIpc) is 3.60. The van der Waals surface area contributed by atoms with Crippen molar-refractivity contribution in [3.8, 4) is 11.3 Å². The topological polar surface area (TPSA) is 90.3 Å². The summed E-state index contributed by atoms with van der Waals surface area (Å²) in [5, 5.41) is 7.72. The molecule has 5 rings (SSSR count). The minimum Gasteiger partial charge on any atom is -0.465 e. The number of ether oxygens (including phenoxy) is 1. The molecule has 1 aromatic heterocycles. The van der Waals surface area contributed by atoms with Crippen molar-refractivity contribution in [2.45, 2.75) is 64.3 Å². The molecule has 7 heteroatoms. The summed E-state index contributed by atoms with van der Waals surface area (Å²) in [6.45, 7) is 3.11. The highest BCUT2D eigenvalue weighted by atomic mass is 16.5. The van der Waals surface area contributed by atoms with Crippen LogP contribution in [0.15, 0.2) is 83.7 Å². The van der Waals surface area contributed by atoms with Gasteiger partial charge < -0.3 is 10.1 Å². The molecule has 1 atom stereocenters. The van der Waals surface area contributed by atoms with Gasteiger partial charge in [-0.3, -0.25) is 14.4 Å². The number of carbonyl (C=O) groups is 2. The second-order valence-electron chi connectivity index (χ2n) is 11.2. The number of amides is 1. The third-order valence-corrected chi connectivity index (χ3v) is 8.28. The molecule has 2 aliphatic carbocycles. The van der Waals surface area contributed by atoms with E-state index in [1.54, 1.807) is 12.1 Å². The second-order valence-corrected chi connectivity index (χ2v) is 11.2. The number of aromatic nitrogens is 2. The molecule has 3 aromatic rings. The van der Waals surface area contributed by atoms with Gasteiger partial charge in [-0.1, -0.05) is 79.6 Å². The Morgan fingerprint density at radius 2 is 1.78 bits per heavy atom. The molecule has 41 heavy (non-hydrogen) atoms. The maximum Gasteiger partial charge on any atom is 0.315 e. The third-order valence-electron chi connectivity index (χ3n) is 8.28. The first-order valence-electron chi connectivity index (χ1n) is 14.8. The molecule has 0 bridgehead atoms. The van der Waals surface area contributed by atoms with Crippen LogP contribution >= 0.6 is 0 Å². The molecule has 1 unspecified atom stereocenters. The van der Waals surface area contributed by atoms with Gasteiger partial charge in [0.1, 0.15) is 0 Å². The molecular weight excluding hydrogens is 514 g/mol. The van der Waals surface area contributed by atoms with Crippen LogP contribution < -0.4 is 10.9 Å². The Morgan fingerprint density at radius 1 is 1.05 bits per heavy atom. The first-order valence-corrected chi connectivity index (χ1v) is 14.8. The number of benzene rings is 2. The van der Waals surface area contributed by atoms with Gasteiger partial charge in [0.25, 0.3) is 5.56 Å². The van der Waals surface area contributed by atoms with E-state index in [1.165, 1.54) is 4.68 Å². The molecule has 2 aromatic carbocycles. The summed E-state index contributed by atoms with van der Waals surface area (Å²) in [5.41, 5.74) is 3.08. The van der Waals surface area contributed by atoms with Crippen molar-refractivity contribution in [1.82, 2.24) is 15.1 Å². The summed E-state index contributed by atoms with van der Waals surface area (Å²) in [7, 11) is 0. The molecule has 214 valence electrons. The fourth-order valence-electron chi connectivity index (χ4n) is 5.80. The molecule has 2 fully saturated rings. The maximum absolute atomic E-state index is 13.4. The lowest BCUT2D eigenvalue weighted by atomic mass is 9.83. The van der Waals surface area contributed by atoms with Crippen LogP contribution in [0.3, 0.4) is 0 Å². The highest BCUT2D eigenvalue weighted by Crippen LogP contribution is 2.48. The predicted octanol–water partition coefficient (Wildman–Crippen LogP) is 5.64. The Morgan fingerprint density at radius 3 is 2.46 bits per heavy atom. The van der Waals surface area contributed by atoms with Gasteiger partial charge in [-0.25, -0.2) is 4.68 Å². The van der Waals surface area contributed by atoms with E-state index < -0.39 is 5.41 Å². The van der Waals surface area contributed by atoms with E-state index in [0.29, 0.717) is 32.0 Å². The molecule has 0 spiro atoms. The van der Waals surface area contributed by atoms with E-state index in [-0.39, 0.29) is 23.4 Å². The summed E-state index contributed by atoms with van der Waals surface area (Å²) in [6.07, 6.45) is 10.7. The summed E-state index contributed by atoms with van der Waals surface area (Å²) in [6, 6.07) is 21.2. The zero-order chi connectivity index (χ0) is 28.7. The van der Waals surface area contributed by atoms with Crippen molar-refractivity contribution >= 4 is 11.9 Å². The zero-order valence-corrected chi connectivity index (χ0v) is 23.8. The summed E-state index contributed by atoms with van der Waals surface area (Å²) in [5.74, 6) is 0.0292. The molecule has 0 aliphatic heterocycles. The Bertz CT molecular complexity index is 1420. The van der Waals surface area contributed by atoms with Gasteiger partial charge in [-0.2, -0.15) is 5.10 Å². The number of nitrogens with one attached hydrogen (secondary N) is 1. The lowest BCUT2D eigenvalue weighted by Crippen LogP contribution is -2.33. The molecule has 2 aliphatic rings. The van der Waals surface area contributed by atoms with Gasteiger partial charge in [-0.15, -0.1) is 0 Å². The molecular formula is C34H39N3O4. The molecule has 1 amide bonds. The van der Waals surface area contributed by atoms with Crippen LogP contribution in [-0.2, 0) is 20.9 Å². The minimum absolute atomic E-state index is 0.0537. The number of nitrogens with zero attached hydrogens (tertiary/aromatic N) is 2. The van der Waals surface area contributed by atoms with E-state index in [4.69, 9.17) is 4.74 Å². The quantitative estimate of drug-likeness (QED) is 0.178. The Hall–Kier alpha value is -4.00. The Kier molecular flexibility index (Phi) is 9.12. The predicted molar refractivity (Wildman–Crippen MR) is 159 cm³/mol. The first kappa shape index (κ1) is 28.5. The highest BCUT2D eigenvalue weighted by molar-refractivity contribution is 5.84. The smallest absolute Gasteiger partial charge is 0.315 e. The van der Waals surface area contributed by atoms with Crippen LogP contribution in [-0.4, -0.2) is 34.8 Å². The number of hydrogen-bond donors (Lipinski definition) is 1. The summed E-state index contributed by atoms with van der Waals surface area (Å²) < 4.78 is 6.68. The van der Waals surface area contributed by atoms with Gasteiger partial charge in [0.2, 0.25) is 5.91 Å². The number of esters is 1. The average molecular weight is 554 g/mol. The van der Waals surface area contributed by atoms with Crippen LogP contribution in [0.4, 0.5) is 0 Å². The lowest BCUT2D eigenvalue weighted by molar-refractivity contribution is -0.147. The minimum atomic E-state index is -0.447. The van der Waals surface area contributed by atoms with Crippen molar-refractivity contribution in [3.05, 3.63) is 100 Å². The summed E-state index contributed by atoms with van der Waals surface area (Å²) in [4.78, 5) is 38.1. The number of rotatable bonds is 12. The van der Waals surface area contributed by atoms with Gasteiger partial charge >= 0.3 is 5.97 Å². The Labute approximate surface area is 241 Å². The van der Waals surface area contributed by atoms with Crippen LogP contribution in [0.25, 0.3) is 11.3 Å². The fourth-order valence-corrected chi connectivity index (χ4v) is 5.80. The first-order chi connectivity index (χ1) is 20.0. The van der Waals surface area contributed by atoms with E-state index in [1.807, 2.05) is 73.7 Å². The maximum atomic E-state index is 13.4. The highest BCUT2D eigenvalue weighted by Gasteiger charge is 2.48. The van der Waals surface area contributed by atoms with Crippen LogP contribution in [0.1, 0.15) is 68.9 Å². The van der Waals surface area contributed by atoms with Gasteiger partial charge in [0.05, 0.1) is 30.2 Å². The van der Waals surface area contributed by atoms with Crippen LogP contribution in [0.2, 0.25) is 0 Å². The number of carbonyl (C=O) groups excluding carboxylic acids is 2. The molecule has 2 saturated carbocycles. The van der Waals surface area contributed by atoms with Crippen LogP contribution in [0, 0.1) is 11.3 Å². The van der Waals surface area contributed by atoms with Gasteiger partial charge in [0, 0.05) is 18.2 Å². The van der Waals surface area contributed by atoms with Crippen molar-refractivity contribution in [1.29, 1.82) is 0 Å². The van der Waals surface area contributed by atoms with Gasteiger partial charge in [0.15, 0.2) is 0 Å². The summed E-state index contributed by atoms with van der Waals surface area (Å²) >= 11 is 0. The van der Waals surface area contributed by atoms with Crippen molar-refractivity contribution in [3.63, 3.8) is 0 Å². The molecule has 1 N–H and O–H groups in total.